The van der Waals surface area contributed by atoms with E-state index < -0.39 is 0 Å². The Bertz CT molecular complexity index is 1300. The Labute approximate surface area is 203 Å². The van der Waals surface area contributed by atoms with Crippen LogP contribution in [0.5, 0.6) is 0 Å². The van der Waals surface area contributed by atoms with Crippen LogP contribution in [0.3, 0.4) is 0 Å². The first kappa shape index (κ1) is 22.5. The number of para-hydroxylation sites is 1. The lowest BCUT2D eigenvalue weighted by atomic mass is 10.1. The molecule has 0 saturated carbocycles. The van der Waals surface area contributed by atoms with Gasteiger partial charge >= 0.3 is 0 Å². The van der Waals surface area contributed by atoms with Crippen molar-refractivity contribution in [3.05, 3.63) is 103 Å². The number of nitrogens with zero attached hydrogens (tertiary/aromatic N) is 4. The summed E-state index contributed by atoms with van der Waals surface area (Å²) in [6.07, 6.45) is 9.74. The summed E-state index contributed by atoms with van der Waals surface area (Å²) in [5, 5.41) is 7.77. The predicted molar refractivity (Wildman–Crippen MR) is 136 cm³/mol. The van der Waals surface area contributed by atoms with E-state index in [4.69, 9.17) is 5.10 Å². The molecule has 0 aliphatic carbocycles. The smallest absolute Gasteiger partial charge is 0.244 e. The van der Waals surface area contributed by atoms with Crippen LogP contribution >= 0.6 is 0 Å². The van der Waals surface area contributed by atoms with Crippen LogP contribution < -0.4 is 10.2 Å². The van der Waals surface area contributed by atoms with Crippen LogP contribution in [0.15, 0.2) is 91.4 Å². The number of hydrogen-bond acceptors (Lipinski definition) is 4. The molecule has 3 heterocycles. The molecular formula is C28H26FN5O. The van der Waals surface area contributed by atoms with E-state index in [2.05, 4.69) is 15.2 Å². The molecule has 1 atom stereocenters. The summed E-state index contributed by atoms with van der Waals surface area (Å²) in [5.74, 6) is -0.0245. The minimum atomic E-state index is -0.232. The summed E-state index contributed by atoms with van der Waals surface area (Å²) in [4.78, 5) is 19.0. The zero-order valence-electron chi connectivity index (χ0n) is 19.2. The molecule has 1 N–H and O–H groups in total. The van der Waals surface area contributed by atoms with Crippen molar-refractivity contribution >= 4 is 17.7 Å². The first-order valence-corrected chi connectivity index (χ1v) is 11.7. The van der Waals surface area contributed by atoms with Gasteiger partial charge in [0.15, 0.2) is 0 Å². The summed E-state index contributed by atoms with van der Waals surface area (Å²) in [5.41, 5.74) is 4.43. The molecule has 0 spiro atoms. The van der Waals surface area contributed by atoms with Gasteiger partial charge in [-0.15, -0.1) is 0 Å². The minimum Gasteiger partial charge on any atom is -0.371 e. The van der Waals surface area contributed by atoms with Crippen molar-refractivity contribution in [3.8, 4) is 16.9 Å². The molecule has 35 heavy (non-hydrogen) atoms. The highest BCUT2D eigenvalue weighted by atomic mass is 19.1. The molecule has 4 aromatic rings. The van der Waals surface area contributed by atoms with Gasteiger partial charge in [0.25, 0.3) is 0 Å². The molecule has 0 radical (unpaired) electrons. The second kappa shape index (κ2) is 10.3. The Morgan fingerprint density at radius 3 is 2.66 bits per heavy atom. The third kappa shape index (κ3) is 5.46. The van der Waals surface area contributed by atoms with Crippen molar-refractivity contribution in [2.24, 2.45) is 5.92 Å². The average molecular weight is 468 g/mol. The highest BCUT2D eigenvalue weighted by Gasteiger charge is 2.23. The number of carbonyl (C=O) groups excluding carboxylic acids is 1. The number of rotatable bonds is 7. The fourth-order valence-corrected chi connectivity index (χ4v) is 4.30. The molecule has 6 nitrogen and oxygen atoms in total. The maximum absolute atomic E-state index is 13.2. The summed E-state index contributed by atoms with van der Waals surface area (Å²) in [7, 11) is 0. The number of amides is 1. The molecule has 2 aromatic heterocycles. The molecule has 1 unspecified atom stereocenters. The van der Waals surface area contributed by atoms with E-state index in [1.165, 1.54) is 12.1 Å². The zero-order chi connectivity index (χ0) is 24.0. The summed E-state index contributed by atoms with van der Waals surface area (Å²) >= 11 is 0. The van der Waals surface area contributed by atoms with Gasteiger partial charge in [0.2, 0.25) is 5.91 Å². The van der Waals surface area contributed by atoms with E-state index in [0.717, 1.165) is 47.7 Å². The molecule has 1 amide bonds. The molecule has 1 fully saturated rings. The van der Waals surface area contributed by atoms with E-state index in [9.17, 15) is 9.18 Å². The molecule has 5 rings (SSSR count). The van der Waals surface area contributed by atoms with E-state index in [-0.39, 0.29) is 11.7 Å². The van der Waals surface area contributed by atoms with E-state index in [1.807, 2.05) is 53.3 Å². The van der Waals surface area contributed by atoms with Crippen molar-refractivity contribution in [1.29, 1.82) is 0 Å². The SMILES string of the molecule is O=C(/C=C/c1cn(-c2ccccc2)nc1-c1cccnc1)NCC1CCN(c2ccc(F)cc2)C1. The molecule has 1 aliphatic rings. The van der Waals surface area contributed by atoms with Crippen LogP contribution in [-0.4, -0.2) is 40.3 Å². The number of hydrogen-bond donors (Lipinski definition) is 1. The van der Waals surface area contributed by atoms with Gasteiger partial charge in [-0.2, -0.15) is 5.10 Å². The number of pyridine rings is 1. The maximum atomic E-state index is 13.2. The van der Waals surface area contributed by atoms with Gasteiger partial charge < -0.3 is 10.2 Å². The van der Waals surface area contributed by atoms with Crippen LogP contribution in [0.1, 0.15) is 12.0 Å². The number of benzene rings is 2. The van der Waals surface area contributed by atoms with Crippen molar-refractivity contribution < 1.29 is 9.18 Å². The number of aromatic nitrogens is 3. The summed E-state index contributed by atoms with van der Waals surface area (Å²) < 4.78 is 15.0. The Balaban J connectivity index is 1.24. The van der Waals surface area contributed by atoms with Crippen molar-refractivity contribution in [1.82, 2.24) is 20.1 Å². The van der Waals surface area contributed by atoms with E-state index >= 15 is 0 Å². The predicted octanol–water partition coefficient (Wildman–Crippen LogP) is 4.73. The number of halogens is 1. The Morgan fingerprint density at radius 1 is 1.06 bits per heavy atom. The van der Waals surface area contributed by atoms with Crippen LogP contribution in [0, 0.1) is 11.7 Å². The average Bonchev–Trinajstić information content (AvgIpc) is 3.55. The van der Waals surface area contributed by atoms with Gasteiger partial charge in [0, 0.05) is 61.1 Å². The maximum Gasteiger partial charge on any atom is 0.244 e. The van der Waals surface area contributed by atoms with Gasteiger partial charge in [-0.05, 0) is 66.9 Å². The number of carbonyl (C=O) groups is 1. The number of nitrogens with one attached hydrogen (secondary N) is 1. The summed E-state index contributed by atoms with van der Waals surface area (Å²) in [6.45, 7) is 2.33. The highest BCUT2D eigenvalue weighted by Crippen LogP contribution is 2.25. The first-order valence-electron chi connectivity index (χ1n) is 11.7. The lowest BCUT2D eigenvalue weighted by Gasteiger charge is -2.18. The quantitative estimate of drug-likeness (QED) is 0.399. The van der Waals surface area contributed by atoms with Gasteiger partial charge in [0.05, 0.1) is 5.69 Å². The van der Waals surface area contributed by atoms with Crippen LogP contribution in [-0.2, 0) is 4.79 Å². The largest absolute Gasteiger partial charge is 0.371 e. The normalized spacial score (nSPS) is 15.6. The molecular weight excluding hydrogens is 441 g/mol. The molecule has 2 aromatic carbocycles. The Morgan fingerprint density at radius 2 is 1.89 bits per heavy atom. The Hall–Kier alpha value is -4.26. The fraction of sp³-hybridized carbons (Fsp3) is 0.179. The van der Waals surface area contributed by atoms with Crippen molar-refractivity contribution in [3.63, 3.8) is 0 Å². The zero-order valence-corrected chi connectivity index (χ0v) is 19.2. The second-order valence-corrected chi connectivity index (χ2v) is 8.61. The van der Waals surface area contributed by atoms with Crippen LogP contribution in [0.25, 0.3) is 23.0 Å². The molecule has 1 saturated heterocycles. The third-order valence-electron chi connectivity index (χ3n) is 6.16. The highest BCUT2D eigenvalue weighted by molar-refractivity contribution is 5.92. The number of anilines is 1. The van der Waals surface area contributed by atoms with Gasteiger partial charge in [-0.3, -0.25) is 9.78 Å². The topological polar surface area (TPSA) is 63.1 Å². The second-order valence-electron chi connectivity index (χ2n) is 8.61. The Kier molecular flexibility index (Phi) is 6.66. The van der Waals surface area contributed by atoms with E-state index in [1.54, 1.807) is 36.7 Å². The lowest BCUT2D eigenvalue weighted by molar-refractivity contribution is -0.116. The fourth-order valence-electron chi connectivity index (χ4n) is 4.30. The molecule has 1 aliphatic heterocycles. The van der Waals surface area contributed by atoms with Crippen molar-refractivity contribution in [2.75, 3.05) is 24.5 Å². The minimum absolute atomic E-state index is 0.144. The summed E-state index contributed by atoms with van der Waals surface area (Å²) in [6, 6.07) is 20.2. The molecule has 7 heteroatoms. The van der Waals surface area contributed by atoms with Gasteiger partial charge in [-0.25, -0.2) is 9.07 Å². The molecule has 0 bridgehead atoms. The van der Waals surface area contributed by atoms with Gasteiger partial charge in [0.1, 0.15) is 11.5 Å². The van der Waals surface area contributed by atoms with E-state index in [0.29, 0.717) is 12.5 Å². The monoisotopic (exact) mass is 467 g/mol. The third-order valence-corrected chi connectivity index (χ3v) is 6.16. The van der Waals surface area contributed by atoms with Crippen LogP contribution in [0.4, 0.5) is 10.1 Å². The molecule has 176 valence electrons. The first-order chi connectivity index (χ1) is 17.2. The standard InChI is InChI=1S/C28H26FN5O/c29-24-9-11-25(12-10-24)33-16-14-21(19-33)17-31-27(35)13-8-23-20-34(26-6-2-1-3-7-26)32-28(23)22-5-4-15-30-18-22/h1-13,15,18,20-21H,14,16-17,19H2,(H,31,35)/b13-8+. The lowest BCUT2D eigenvalue weighted by Crippen LogP contribution is -2.29. The van der Waals surface area contributed by atoms with Gasteiger partial charge in [-0.1, -0.05) is 18.2 Å². The van der Waals surface area contributed by atoms with Crippen LogP contribution in [0.2, 0.25) is 0 Å². The van der Waals surface area contributed by atoms with Crippen molar-refractivity contribution in [2.45, 2.75) is 6.42 Å².